The number of nitrogens with one attached hydrogen (secondary N) is 2. The van der Waals surface area contributed by atoms with Crippen molar-refractivity contribution in [3.63, 3.8) is 0 Å². The lowest BCUT2D eigenvalue weighted by Crippen LogP contribution is -2.43. The number of carbonyl (C=O) groups is 1. The zero-order chi connectivity index (χ0) is 13.0. The Morgan fingerprint density at radius 3 is 3.11 bits per heavy atom. The molecule has 1 unspecified atom stereocenters. The molecule has 0 spiro atoms. The number of nitrogens with zero attached hydrogens (tertiary/aromatic N) is 3. The standard InChI is InChI=1S/C11H19N5O2/c1-8(7-18-2)3-13-11(17)10-6-16(15-14-10)9-4-12-5-9/h6,8-9,12H,3-5,7H2,1-2H3,(H,13,17). The molecule has 1 aliphatic rings. The summed E-state index contributed by atoms with van der Waals surface area (Å²) < 4.78 is 6.75. The normalized spacial score (nSPS) is 17.2. The van der Waals surface area contributed by atoms with Gasteiger partial charge in [0, 0.05) is 26.7 Å². The summed E-state index contributed by atoms with van der Waals surface area (Å²) in [7, 11) is 1.65. The maximum Gasteiger partial charge on any atom is 0.273 e. The molecule has 7 nitrogen and oxygen atoms in total. The van der Waals surface area contributed by atoms with E-state index >= 15 is 0 Å². The Balaban J connectivity index is 1.82. The summed E-state index contributed by atoms with van der Waals surface area (Å²) in [5.41, 5.74) is 0.367. The van der Waals surface area contributed by atoms with Crippen LogP contribution in [0, 0.1) is 5.92 Å². The number of hydrogen-bond donors (Lipinski definition) is 2. The third-order valence-corrected chi connectivity index (χ3v) is 2.94. The molecule has 1 aromatic rings. The van der Waals surface area contributed by atoms with E-state index in [-0.39, 0.29) is 11.8 Å². The van der Waals surface area contributed by atoms with E-state index in [9.17, 15) is 4.79 Å². The zero-order valence-electron chi connectivity index (χ0n) is 10.7. The minimum Gasteiger partial charge on any atom is -0.384 e. The molecule has 0 bridgehead atoms. The highest BCUT2D eigenvalue weighted by atomic mass is 16.5. The molecule has 0 radical (unpaired) electrons. The molecule has 1 aliphatic heterocycles. The molecular formula is C11H19N5O2. The van der Waals surface area contributed by atoms with Gasteiger partial charge < -0.3 is 15.4 Å². The molecule has 1 fully saturated rings. The van der Waals surface area contributed by atoms with Crippen molar-refractivity contribution in [2.24, 2.45) is 5.92 Å². The molecule has 2 N–H and O–H groups in total. The number of ether oxygens (including phenoxy) is 1. The van der Waals surface area contributed by atoms with Gasteiger partial charge in [0.2, 0.25) is 0 Å². The van der Waals surface area contributed by atoms with Crippen LogP contribution in [0.15, 0.2) is 6.20 Å². The third-order valence-electron chi connectivity index (χ3n) is 2.94. The van der Waals surface area contributed by atoms with E-state index in [4.69, 9.17) is 4.74 Å². The summed E-state index contributed by atoms with van der Waals surface area (Å²) in [6.45, 7) is 4.98. The first-order valence-electron chi connectivity index (χ1n) is 6.10. The first-order chi connectivity index (χ1) is 8.70. The molecule has 2 heterocycles. The highest BCUT2D eigenvalue weighted by molar-refractivity contribution is 5.91. The van der Waals surface area contributed by atoms with Crippen molar-refractivity contribution in [3.05, 3.63) is 11.9 Å². The van der Waals surface area contributed by atoms with Gasteiger partial charge in [0.15, 0.2) is 5.69 Å². The van der Waals surface area contributed by atoms with Gasteiger partial charge in [-0.15, -0.1) is 5.10 Å². The van der Waals surface area contributed by atoms with Gasteiger partial charge in [-0.2, -0.15) is 0 Å². The summed E-state index contributed by atoms with van der Waals surface area (Å²) in [6, 6.07) is 0.325. The summed E-state index contributed by atoms with van der Waals surface area (Å²) in [4.78, 5) is 11.8. The largest absolute Gasteiger partial charge is 0.384 e. The molecule has 1 amide bonds. The van der Waals surface area contributed by atoms with E-state index in [1.54, 1.807) is 18.0 Å². The van der Waals surface area contributed by atoms with E-state index in [2.05, 4.69) is 20.9 Å². The first kappa shape index (κ1) is 13.0. The predicted molar refractivity (Wildman–Crippen MR) is 65.3 cm³/mol. The second-order valence-electron chi connectivity index (χ2n) is 4.67. The lowest BCUT2D eigenvalue weighted by atomic mass is 10.2. The smallest absolute Gasteiger partial charge is 0.273 e. The van der Waals surface area contributed by atoms with Crippen LogP contribution in [0.5, 0.6) is 0 Å². The Hall–Kier alpha value is -1.47. The van der Waals surface area contributed by atoms with Crippen LogP contribution in [0.4, 0.5) is 0 Å². The second-order valence-corrected chi connectivity index (χ2v) is 4.67. The molecule has 7 heteroatoms. The average Bonchev–Trinajstić information content (AvgIpc) is 2.73. The summed E-state index contributed by atoms with van der Waals surface area (Å²) in [5.74, 6) is 0.0984. The minimum atomic E-state index is -0.184. The van der Waals surface area contributed by atoms with Crippen molar-refractivity contribution in [1.82, 2.24) is 25.6 Å². The molecule has 100 valence electrons. The number of aromatic nitrogens is 3. The van der Waals surface area contributed by atoms with E-state index < -0.39 is 0 Å². The summed E-state index contributed by atoms with van der Waals surface area (Å²) >= 11 is 0. The minimum absolute atomic E-state index is 0.184. The Bertz CT molecular complexity index is 402. The maximum absolute atomic E-state index is 11.8. The van der Waals surface area contributed by atoms with Gasteiger partial charge in [-0.1, -0.05) is 12.1 Å². The molecule has 0 aromatic carbocycles. The number of amides is 1. The van der Waals surface area contributed by atoms with Crippen molar-refractivity contribution in [1.29, 1.82) is 0 Å². The van der Waals surface area contributed by atoms with Crippen molar-refractivity contribution < 1.29 is 9.53 Å². The van der Waals surface area contributed by atoms with Gasteiger partial charge in [-0.3, -0.25) is 4.79 Å². The number of hydrogen-bond acceptors (Lipinski definition) is 5. The topological polar surface area (TPSA) is 81.1 Å². The van der Waals surface area contributed by atoms with Gasteiger partial charge in [0.05, 0.1) is 18.8 Å². The molecule has 18 heavy (non-hydrogen) atoms. The fraction of sp³-hybridized carbons (Fsp3) is 0.727. The zero-order valence-corrected chi connectivity index (χ0v) is 10.7. The molecule has 1 saturated heterocycles. The van der Waals surface area contributed by atoms with Crippen LogP contribution in [-0.4, -0.2) is 54.3 Å². The third kappa shape index (κ3) is 3.05. The van der Waals surface area contributed by atoms with Gasteiger partial charge in [-0.05, 0) is 5.92 Å². The van der Waals surface area contributed by atoms with Crippen molar-refractivity contribution in [3.8, 4) is 0 Å². The molecule has 2 rings (SSSR count). The highest BCUT2D eigenvalue weighted by Gasteiger charge is 2.21. The fourth-order valence-corrected chi connectivity index (χ4v) is 1.72. The van der Waals surface area contributed by atoms with Gasteiger partial charge in [0.25, 0.3) is 5.91 Å². The molecule has 0 aliphatic carbocycles. The van der Waals surface area contributed by atoms with Crippen molar-refractivity contribution in [2.45, 2.75) is 13.0 Å². The van der Waals surface area contributed by atoms with E-state index in [0.717, 1.165) is 13.1 Å². The number of rotatable bonds is 6. The Morgan fingerprint density at radius 1 is 1.72 bits per heavy atom. The molecular weight excluding hydrogens is 234 g/mol. The van der Waals surface area contributed by atoms with Crippen LogP contribution in [-0.2, 0) is 4.74 Å². The van der Waals surface area contributed by atoms with Crippen molar-refractivity contribution >= 4 is 5.91 Å². The van der Waals surface area contributed by atoms with E-state index in [0.29, 0.717) is 24.9 Å². The fourth-order valence-electron chi connectivity index (χ4n) is 1.72. The van der Waals surface area contributed by atoms with Gasteiger partial charge >= 0.3 is 0 Å². The monoisotopic (exact) mass is 253 g/mol. The van der Waals surface area contributed by atoms with Crippen LogP contribution >= 0.6 is 0 Å². The number of carbonyl (C=O) groups excluding carboxylic acids is 1. The van der Waals surface area contributed by atoms with Gasteiger partial charge in [-0.25, -0.2) is 4.68 Å². The van der Waals surface area contributed by atoms with Crippen LogP contribution in [0.3, 0.4) is 0 Å². The lowest BCUT2D eigenvalue weighted by Gasteiger charge is -2.26. The second kappa shape index (κ2) is 5.92. The SMILES string of the molecule is COCC(C)CNC(=O)c1cn(C2CNC2)nn1. The lowest BCUT2D eigenvalue weighted by molar-refractivity contribution is 0.0929. The maximum atomic E-state index is 11.8. The summed E-state index contributed by atoms with van der Waals surface area (Å²) in [6.07, 6.45) is 1.70. The Kier molecular flexibility index (Phi) is 4.27. The quantitative estimate of drug-likeness (QED) is 0.710. The summed E-state index contributed by atoms with van der Waals surface area (Å²) in [5, 5.41) is 13.8. The van der Waals surface area contributed by atoms with Crippen LogP contribution < -0.4 is 10.6 Å². The Morgan fingerprint density at radius 2 is 2.50 bits per heavy atom. The van der Waals surface area contributed by atoms with Crippen molar-refractivity contribution in [2.75, 3.05) is 33.4 Å². The average molecular weight is 253 g/mol. The van der Waals surface area contributed by atoms with Gasteiger partial charge in [0.1, 0.15) is 0 Å². The van der Waals surface area contributed by atoms with Crippen LogP contribution in [0.1, 0.15) is 23.5 Å². The van der Waals surface area contributed by atoms with Crippen LogP contribution in [0.25, 0.3) is 0 Å². The molecule has 1 atom stereocenters. The Labute approximate surface area is 106 Å². The number of methoxy groups -OCH3 is 1. The van der Waals surface area contributed by atoms with E-state index in [1.807, 2.05) is 6.92 Å². The molecule has 0 saturated carbocycles. The van der Waals surface area contributed by atoms with E-state index in [1.165, 1.54) is 0 Å². The molecule has 1 aromatic heterocycles. The predicted octanol–water partition coefficient (Wildman–Crippen LogP) is -0.565. The first-order valence-corrected chi connectivity index (χ1v) is 6.10. The van der Waals surface area contributed by atoms with Crippen LogP contribution in [0.2, 0.25) is 0 Å². The highest BCUT2D eigenvalue weighted by Crippen LogP contribution is 2.09.